The van der Waals surface area contributed by atoms with Gasteiger partial charge in [0.05, 0.1) is 15.7 Å². The summed E-state index contributed by atoms with van der Waals surface area (Å²) in [6.45, 7) is 1.76. The Kier molecular flexibility index (Phi) is 3.57. The minimum Gasteiger partial charge on any atom is -0.321 e. The van der Waals surface area contributed by atoms with E-state index in [1.165, 1.54) is 0 Å². The number of fused-ring (bicyclic) bond motifs is 1. The van der Waals surface area contributed by atoms with Crippen LogP contribution in [0.4, 0.5) is 5.69 Å². The summed E-state index contributed by atoms with van der Waals surface area (Å²) in [7, 11) is 0. The molecular weight excluding hydrogens is 309 g/mol. The highest BCUT2D eigenvalue weighted by Gasteiger charge is 2.18. The number of carbonyl (C=O) groups is 1. The van der Waals surface area contributed by atoms with Gasteiger partial charge in [-0.05, 0) is 25.1 Å². The lowest BCUT2D eigenvalue weighted by Crippen LogP contribution is -2.15. The number of amides is 1. The Morgan fingerprint density at radius 2 is 1.95 bits per heavy atom. The van der Waals surface area contributed by atoms with Crippen molar-refractivity contribution in [3.05, 3.63) is 64.0 Å². The zero-order valence-corrected chi connectivity index (χ0v) is 12.6. The molecule has 21 heavy (non-hydrogen) atoms. The van der Waals surface area contributed by atoms with Crippen LogP contribution in [0.15, 0.2) is 42.6 Å². The molecular formula is C15H11Cl2N3O. The Morgan fingerprint density at radius 3 is 2.67 bits per heavy atom. The van der Waals surface area contributed by atoms with Gasteiger partial charge in [0.15, 0.2) is 5.65 Å². The molecule has 0 saturated carbocycles. The van der Waals surface area contributed by atoms with Crippen molar-refractivity contribution in [2.45, 2.75) is 6.92 Å². The molecule has 0 spiro atoms. The van der Waals surface area contributed by atoms with Crippen LogP contribution in [0.3, 0.4) is 0 Å². The third kappa shape index (κ3) is 2.60. The quantitative estimate of drug-likeness (QED) is 0.769. The van der Waals surface area contributed by atoms with E-state index in [-0.39, 0.29) is 5.91 Å². The van der Waals surface area contributed by atoms with Crippen LogP contribution in [0.25, 0.3) is 5.65 Å². The number of rotatable bonds is 2. The van der Waals surface area contributed by atoms with E-state index < -0.39 is 0 Å². The average Bonchev–Trinajstić information content (AvgIpc) is 2.76. The fourth-order valence-electron chi connectivity index (χ4n) is 2.17. The van der Waals surface area contributed by atoms with Crippen LogP contribution in [-0.2, 0) is 0 Å². The van der Waals surface area contributed by atoms with E-state index in [1.807, 2.05) is 30.3 Å². The Bertz CT molecular complexity index is 828. The summed E-state index contributed by atoms with van der Waals surface area (Å²) in [4.78, 5) is 16.8. The lowest BCUT2D eigenvalue weighted by Gasteiger charge is -2.06. The minimum absolute atomic E-state index is 0.260. The van der Waals surface area contributed by atoms with Crippen molar-refractivity contribution in [1.29, 1.82) is 0 Å². The predicted molar refractivity (Wildman–Crippen MR) is 84.3 cm³/mol. The number of pyridine rings is 1. The molecule has 0 aliphatic heterocycles. The molecule has 0 bridgehead atoms. The zero-order chi connectivity index (χ0) is 15.0. The van der Waals surface area contributed by atoms with Crippen LogP contribution < -0.4 is 5.32 Å². The van der Waals surface area contributed by atoms with Gasteiger partial charge < -0.3 is 5.32 Å². The SMILES string of the molecule is Cc1nc2c(Cl)cc(Cl)cn2c1C(=O)Nc1ccccc1. The number of aromatic nitrogens is 2. The van der Waals surface area contributed by atoms with E-state index >= 15 is 0 Å². The number of nitrogens with zero attached hydrogens (tertiary/aromatic N) is 2. The van der Waals surface area contributed by atoms with Crippen LogP contribution in [0.5, 0.6) is 0 Å². The van der Waals surface area contributed by atoms with Gasteiger partial charge in [0, 0.05) is 11.9 Å². The molecule has 2 aromatic heterocycles. The largest absolute Gasteiger partial charge is 0.321 e. The summed E-state index contributed by atoms with van der Waals surface area (Å²) in [5.74, 6) is -0.260. The van der Waals surface area contributed by atoms with E-state index in [0.717, 1.165) is 0 Å². The number of carbonyl (C=O) groups excluding carboxylic acids is 1. The predicted octanol–water partition coefficient (Wildman–Crippen LogP) is 4.20. The van der Waals surface area contributed by atoms with Crippen LogP contribution in [0, 0.1) is 6.92 Å². The molecule has 4 nitrogen and oxygen atoms in total. The normalized spacial score (nSPS) is 10.8. The number of benzene rings is 1. The molecule has 3 rings (SSSR count). The molecule has 0 fully saturated rings. The summed E-state index contributed by atoms with van der Waals surface area (Å²) < 4.78 is 1.61. The molecule has 0 unspecified atom stereocenters. The lowest BCUT2D eigenvalue weighted by atomic mass is 10.3. The molecule has 6 heteroatoms. The molecule has 0 atom stereocenters. The highest BCUT2D eigenvalue weighted by molar-refractivity contribution is 6.36. The highest BCUT2D eigenvalue weighted by Crippen LogP contribution is 2.24. The first-order chi connectivity index (χ1) is 10.1. The maximum Gasteiger partial charge on any atom is 0.274 e. The van der Waals surface area contributed by atoms with Gasteiger partial charge in [-0.3, -0.25) is 9.20 Å². The van der Waals surface area contributed by atoms with Gasteiger partial charge in [0.2, 0.25) is 0 Å². The topological polar surface area (TPSA) is 46.4 Å². The molecule has 2 heterocycles. The maximum atomic E-state index is 12.5. The molecule has 3 aromatic rings. The van der Waals surface area contributed by atoms with Gasteiger partial charge >= 0.3 is 0 Å². The molecule has 0 saturated heterocycles. The Hall–Kier alpha value is -2.04. The van der Waals surface area contributed by atoms with Gasteiger partial charge in [0.1, 0.15) is 5.69 Å². The third-order valence-electron chi connectivity index (χ3n) is 3.06. The number of anilines is 1. The van der Waals surface area contributed by atoms with Gasteiger partial charge in [-0.2, -0.15) is 0 Å². The van der Waals surface area contributed by atoms with Crippen LogP contribution in [0.1, 0.15) is 16.2 Å². The average molecular weight is 320 g/mol. The number of aryl methyl sites for hydroxylation is 1. The Labute approximate surface area is 131 Å². The number of hydrogen-bond acceptors (Lipinski definition) is 2. The highest BCUT2D eigenvalue weighted by atomic mass is 35.5. The number of hydrogen-bond donors (Lipinski definition) is 1. The van der Waals surface area contributed by atoms with Crippen molar-refractivity contribution >= 4 is 40.4 Å². The number of para-hydroxylation sites is 1. The molecule has 0 aliphatic carbocycles. The molecule has 106 valence electrons. The fraction of sp³-hybridized carbons (Fsp3) is 0.0667. The second-order valence-corrected chi connectivity index (χ2v) is 5.41. The standard InChI is InChI=1S/C15H11Cl2N3O/c1-9-13(15(21)19-11-5-3-2-4-6-11)20-8-10(16)7-12(17)14(20)18-9/h2-8H,1H3,(H,19,21). The fourth-order valence-corrected chi connectivity index (χ4v) is 2.69. The molecule has 1 N–H and O–H groups in total. The maximum absolute atomic E-state index is 12.5. The smallest absolute Gasteiger partial charge is 0.274 e. The monoisotopic (exact) mass is 319 g/mol. The molecule has 0 aliphatic rings. The molecule has 1 aromatic carbocycles. The summed E-state index contributed by atoms with van der Waals surface area (Å²) in [5, 5.41) is 3.68. The second kappa shape index (κ2) is 5.39. The molecule has 1 amide bonds. The number of nitrogens with one attached hydrogen (secondary N) is 1. The van der Waals surface area contributed by atoms with Gasteiger partial charge in [-0.25, -0.2) is 4.98 Å². The Morgan fingerprint density at radius 1 is 1.24 bits per heavy atom. The summed E-state index contributed by atoms with van der Waals surface area (Å²) >= 11 is 12.1. The summed E-state index contributed by atoms with van der Waals surface area (Å²) in [6, 6.07) is 10.8. The van der Waals surface area contributed by atoms with E-state index in [1.54, 1.807) is 23.6 Å². The van der Waals surface area contributed by atoms with Crippen molar-refractivity contribution in [2.75, 3.05) is 5.32 Å². The zero-order valence-electron chi connectivity index (χ0n) is 11.1. The first-order valence-corrected chi connectivity index (χ1v) is 7.02. The van der Waals surface area contributed by atoms with Gasteiger partial charge in [0.25, 0.3) is 5.91 Å². The van der Waals surface area contributed by atoms with Crippen LogP contribution >= 0.6 is 23.2 Å². The van der Waals surface area contributed by atoms with Crippen molar-refractivity contribution in [1.82, 2.24) is 9.38 Å². The summed E-state index contributed by atoms with van der Waals surface area (Å²) in [6.07, 6.45) is 1.63. The van der Waals surface area contributed by atoms with Crippen molar-refractivity contribution in [3.63, 3.8) is 0 Å². The van der Waals surface area contributed by atoms with E-state index in [4.69, 9.17) is 23.2 Å². The van der Waals surface area contributed by atoms with Crippen molar-refractivity contribution in [3.8, 4) is 0 Å². The number of halogens is 2. The summed E-state index contributed by atoms with van der Waals surface area (Å²) in [5.41, 5.74) is 2.23. The van der Waals surface area contributed by atoms with Crippen LogP contribution in [0.2, 0.25) is 10.0 Å². The van der Waals surface area contributed by atoms with E-state index in [0.29, 0.717) is 32.8 Å². The van der Waals surface area contributed by atoms with Gasteiger partial charge in [-0.1, -0.05) is 41.4 Å². The van der Waals surface area contributed by atoms with Crippen molar-refractivity contribution < 1.29 is 4.79 Å². The van der Waals surface area contributed by atoms with Gasteiger partial charge in [-0.15, -0.1) is 0 Å². The van der Waals surface area contributed by atoms with Crippen molar-refractivity contribution in [2.24, 2.45) is 0 Å². The van der Waals surface area contributed by atoms with E-state index in [9.17, 15) is 4.79 Å². The first kappa shape index (κ1) is 13.9. The first-order valence-electron chi connectivity index (χ1n) is 6.26. The van der Waals surface area contributed by atoms with E-state index in [2.05, 4.69) is 10.3 Å². The third-order valence-corrected chi connectivity index (χ3v) is 3.55. The number of imidazole rings is 1. The molecule has 0 radical (unpaired) electrons. The minimum atomic E-state index is -0.260. The lowest BCUT2D eigenvalue weighted by molar-refractivity contribution is 0.102. The Balaban J connectivity index is 2.08. The van der Waals surface area contributed by atoms with Crippen LogP contribution in [-0.4, -0.2) is 15.3 Å². The second-order valence-electron chi connectivity index (χ2n) is 4.57.